The fourth-order valence-corrected chi connectivity index (χ4v) is 3.16. The maximum atomic E-state index is 5.59. The fraction of sp³-hybridized carbons (Fsp3) is 0.529. The SMILES string of the molecule is CC1CCC(NCc2coc3ccccc23)CC1C. The molecule has 0 aliphatic heterocycles. The van der Waals surface area contributed by atoms with Crippen LogP contribution in [0.3, 0.4) is 0 Å². The number of fused-ring (bicyclic) bond motifs is 1. The molecule has 1 aromatic heterocycles. The lowest BCUT2D eigenvalue weighted by Crippen LogP contribution is -2.35. The van der Waals surface area contributed by atoms with E-state index in [0.717, 1.165) is 24.0 Å². The standard InChI is InChI=1S/C17H23NO/c1-12-7-8-15(9-13(12)2)18-10-14-11-19-17-6-4-3-5-16(14)17/h3-6,11-13,15,18H,7-10H2,1-2H3. The summed E-state index contributed by atoms with van der Waals surface area (Å²) >= 11 is 0. The molecule has 1 heterocycles. The highest BCUT2D eigenvalue weighted by molar-refractivity contribution is 5.80. The molecule has 1 saturated carbocycles. The van der Waals surface area contributed by atoms with E-state index in [-0.39, 0.29) is 0 Å². The van der Waals surface area contributed by atoms with Crippen molar-refractivity contribution in [2.75, 3.05) is 0 Å². The summed E-state index contributed by atoms with van der Waals surface area (Å²) in [7, 11) is 0. The Hall–Kier alpha value is -1.28. The third-order valence-electron chi connectivity index (χ3n) is 4.74. The lowest BCUT2D eigenvalue weighted by atomic mass is 9.79. The number of hydrogen-bond donors (Lipinski definition) is 1. The van der Waals surface area contributed by atoms with Crippen LogP contribution in [0.25, 0.3) is 11.0 Å². The highest BCUT2D eigenvalue weighted by Crippen LogP contribution is 2.29. The molecule has 0 radical (unpaired) electrons. The lowest BCUT2D eigenvalue weighted by Gasteiger charge is -2.32. The van der Waals surface area contributed by atoms with E-state index < -0.39 is 0 Å². The largest absolute Gasteiger partial charge is 0.464 e. The molecule has 1 aliphatic rings. The zero-order valence-corrected chi connectivity index (χ0v) is 11.9. The summed E-state index contributed by atoms with van der Waals surface area (Å²) in [5.41, 5.74) is 2.27. The lowest BCUT2D eigenvalue weighted by molar-refractivity contribution is 0.225. The molecule has 3 unspecified atom stereocenters. The van der Waals surface area contributed by atoms with Crippen molar-refractivity contribution in [1.82, 2.24) is 5.32 Å². The summed E-state index contributed by atoms with van der Waals surface area (Å²) in [6, 6.07) is 8.93. The Kier molecular flexibility index (Phi) is 3.61. The molecule has 2 aromatic rings. The molecular formula is C17H23NO. The van der Waals surface area contributed by atoms with Gasteiger partial charge in [0.25, 0.3) is 0 Å². The van der Waals surface area contributed by atoms with Gasteiger partial charge in [-0.1, -0.05) is 32.0 Å². The predicted octanol–water partition coefficient (Wildman–Crippen LogP) is 4.35. The van der Waals surface area contributed by atoms with Crippen molar-refractivity contribution < 1.29 is 4.42 Å². The van der Waals surface area contributed by atoms with Gasteiger partial charge in [0.15, 0.2) is 0 Å². The van der Waals surface area contributed by atoms with E-state index >= 15 is 0 Å². The van der Waals surface area contributed by atoms with Gasteiger partial charge in [0.2, 0.25) is 0 Å². The Morgan fingerprint density at radius 2 is 2.00 bits per heavy atom. The van der Waals surface area contributed by atoms with Gasteiger partial charge < -0.3 is 9.73 Å². The zero-order chi connectivity index (χ0) is 13.2. The second kappa shape index (κ2) is 5.38. The van der Waals surface area contributed by atoms with E-state index in [1.54, 1.807) is 0 Å². The number of furan rings is 1. The molecule has 19 heavy (non-hydrogen) atoms. The minimum absolute atomic E-state index is 0.667. The second-order valence-electron chi connectivity index (χ2n) is 6.10. The van der Waals surface area contributed by atoms with E-state index in [0.29, 0.717) is 6.04 Å². The van der Waals surface area contributed by atoms with Gasteiger partial charge in [-0.05, 0) is 37.2 Å². The summed E-state index contributed by atoms with van der Waals surface area (Å²) in [4.78, 5) is 0. The van der Waals surface area contributed by atoms with E-state index in [2.05, 4.69) is 31.3 Å². The van der Waals surface area contributed by atoms with Gasteiger partial charge in [-0.3, -0.25) is 0 Å². The van der Waals surface area contributed by atoms with E-state index in [1.807, 2.05) is 18.4 Å². The Morgan fingerprint density at radius 3 is 2.84 bits per heavy atom. The van der Waals surface area contributed by atoms with Crippen LogP contribution in [-0.2, 0) is 6.54 Å². The number of rotatable bonds is 3. The van der Waals surface area contributed by atoms with Gasteiger partial charge >= 0.3 is 0 Å². The number of hydrogen-bond acceptors (Lipinski definition) is 2. The fourth-order valence-electron chi connectivity index (χ4n) is 3.16. The van der Waals surface area contributed by atoms with Crippen LogP contribution in [0, 0.1) is 11.8 Å². The van der Waals surface area contributed by atoms with Crippen LogP contribution in [-0.4, -0.2) is 6.04 Å². The Bertz CT molecular complexity index is 545. The normalized spacial score (nSPS) is 27.8. The summed E-state index contributed by atoms with van der Waals surface area (Å²) in [5.74, 6) is 1.72. The molecule has 1 fully saturated rings. The first-order chi connectivity index (χ1) is 9.24. The van der Waals surface area contributed by atoms with Crippen LogP contribution in [0.1, 0.15) is 38.7 Å². The van der Waals surface area contributed by atoms with E-state index in [9.17, 15) is 0 Å². The average molecular weight is 257 g/mol. The number of nitrogens with one attached hydrogen (secondary N) is 1. The molecule has 3 rings (SSSR count). The van der Waals surface area contributed by atoms with Crippen molar-refractivity contribution in [3.63, 3.8) is 0 Å². The third kappa shape index (κ3) is 2.69. The summed E-state index contributed by atoms with van der Waals surface area (Å²) in [5, 5.41) is 4.95. The van der Waals surface area contributed by atoms with Crippen LogP contribution in [0.5, 0.6) is 0 Å². The molecule has 2 heteroatoms. The molecule has 1 aromatic carbocycles. The minimum Gasteiger partial charge on any atom is -0.464 e. The molecule has 0 amide bonds. The number of benzene rings is 1. The van der Waals surface area contributed by atoms with Crippen molar-refractivity contribution >= 4 is 11.0 Å². The Morgan fingerprint density at radius 1 is 1.16 bits per heavy atom. The highest BCUT2D eigenvalue weighted by Gasteiger charge is 2.24. The van der Waals surface area contributed by atoms with Crippen LogP contribution in [0.15, 0.2) is 34.9 Å². The van der Waals surface area contributed by atoms with Gasteiger partial charge in [0, 0.05) is 23.5 Å². The van der Waals surface area contributed by atoms with Crippen LogP contribution >= 0.6 is 0 Å². The number of para-hydroxylation sites is 1. The zero-order valence-electron chi connectivity index (χ0n) is 11.9. The third-order valence-corrected chi connectivity index (χ3v) is 4.74. The molecule has 0 saturated heterocycles. The molecule has 0 spiro atoms. The second-order valence-corrected chi connectivity index (χ2v) is 6.10. The molecule has 0 bridgehead atoms. The summed E-state index contributed by atoms with van der Waals surface area (Å²) < 4.78 is 5.59. The molecular weight excluding hydrogens is 234 g/mol. The van der Waals surface area contributed by atoms with Crippen LogP contribution < -0.4 is 5.32 Å². The summed E-state index contributed by atoms with van der Waals surface area (Å²) in [6.45, 7) is 5.68. The van der Waals surface area contributed by atoms with Crippen molar-refractivity contribution in [3.05, 3.63) is 36.1 Å². The molecule has 2 nitrogen and oxygen atoms in total. The van der Waals surface area contributed by atoms with Crippen molar-refractivity contribution in [2.24, 2.45) is 11.8 Å². The smallest absolute Gasteiger partial charge is 0.134 e. The van der Waals surface area contributed by atoms with Gasteiger partial charge in [-0.15, -0.1) is 0 Å². The first-order valence-corrected chi connectivity index (χ1v) is 7.42. The van der Waals surface area contributed by atoms with Crippen LogP contribution in [0.4, 0.5) is 0 Å². The molecule has 1 aliphatic carbocycles. The maximum Gasteiger partial charge on any atom is 0.134 e. The van der Waals surface area contributed by atoms with Gasteiger partial charge in [0.1, 0.15) is 5.58 Å². The first-order valence-electron chi connectivity index (χ1n) is 7.42. The monoisotopic (exact) mass is 257 g/mol. The average Bonchev–Trinajstić information content (AvgIpc) is 2.83. The van der Waals surface area contributed by atoms with Gasteiger partial charge in [-0.25, -0.2) is 0 Å². The highest BCUT2D eigenvalue weighted by atomic mass is 16.3. The quantitative estimate of drug-likeness (QED) is 0.884. The topological polar surface area (TPSA) is 25.2 Å². The predicted molar refractivity (Wildman–Crippen MR) is 79.0 cm³/mol. The Balaban J connectivity index is 1.63. The first kappa shape index (κ1) is 12.7. The Labute approximate surface area is 115 Å². The van der Waals surface area contributed by atoms with Crippen LogP contribution in [0.2, 0.25) is 0 Å². The van der Waals surface area contributed by atoms with Crippen molar-refractivity contribution in [2.45, 2.75) is 45.7 Å². The van der Waals surface area contributed by atoms with E-state index in [1.165, 1.54) is 30.2 Å². The maximum absolute atomic E-state index is 5.59. The molecule has 3 atom stereocenters. The molecule has 102 valence electrons. The minimum atomic E-state index is 0.667. The molecule has 1 N–H and O–H groups in total. The van der Waals surface area contributed by atoms with Crippen molar-refractivity contribution in [1.29, 1.82) is 0 Å². The van der Waals surface area contributed by atoms with Gasteiger partial charge in [-0.2, -0.15) is 0 Å². The van der Waals surface area contributed by atoms with E-state index in [4.69, 9.17) is 4.42 Å². The van der Waals surface area contributed by atoms with Crippen molar-refractivity contribution in [3.8, 4) is 0 Å². The van der Waals surface area contributed by atoms with Gasteiger partial charge in [0.05, 0.1) is 6.26 Å². The summed E-state index contributed by atoms with van der Waals surface area (Å²) in [6.07, 6.45) is 5.86.